The minimum absolute atomic E-state index is 0.697. The Kier molecular flexibility index (Phi) is 4.39. The molecule has 7 heteroatoms. The van der Waals surface area contributed by atoms with Crippen molar-refractivity contribution in [3.63, 3.8) is 0 Å². The Labute approximate surface area is 117 Å². The first-order chi connectivity index (χ1) is 9.10. The summed E-state index contributed by atoms with van der Waals surface area (Å²) in [7, 11) is 7.52. The third-order valence-corrected chi connectivity index (χ3v) is 3.79. The molecule has 0 aliphatic heterocycles. The highest BCUT2D eigenvalue weighted by atomic mass is 32.1. The summed E-state index contributed by atoms with van der Waals surface area (Å²) >= 11 is 1.63. The van der Waals surface area contributed by atoms with E-state index in [0.717, 1.165) is 28.8 Å². The van der Waals surface area contributed by atoms with Gasteiger partial charge in [0.1, 0.15) is 0 Å². The zero-order chi connectivity index (χ0) is 13.8. The fourth-order valence-electron chi connectivity index (χ4n) is 1.65. The molecule has 2 aromatic heterocycles. The Morgan fingerprint density at radius 3 is 2.79 bits per heavy atom. The largest absolute Gasteiger partial charge is 0.480 e. The molecule has 2 heterocycles. The molecule has 0 aliphatic carbocycles. The van der Waals surface area contributed by atoms with Gasteiger partial charge in [0, 0.05) is 40.4 Å². The predicted octanol–water partition coefficient (Wildman–Crippen LogP) is 1.24. The molecule has 2 rings (SSSR count). The fraction of sp³-hybridized carbons (Fsp3) is 0.500. The molecule has 0 radical (unpaired) electrons. The lowest BCUT2D eigenvalue weighted by molar-refractivity contribution is 0.394. The molecule has 0 bridgehead atoms. The van der Waals surface area contributed by atoms with E-state index in [-0.39, 0.29) is 0 Å². The number of ether oxygens (including phenoxy) is 1. The summed E-state index contributed by atoms with van der Waals surface area (Å²) in [6.45, 7) is 1.46. The normalized spacial score (nSPS) is 10.7. The smallest absolute Gasteiger partial charge is 0.230 e. The second-order valence-corrected chi connectivity index (χ2v) is 5.47. The van der Waals surface area contributed by atoms with Crippen LogP contribution in [0.3, 0.4) is 0 Å². The first kappa shape index (κ1) is 13.8. The molecule has 0 amide bonds. The minimum atomic E-state index is 0.697. The van der Waals surface area contributed by atoms with Gasteiger partial charge in [0.15, 0.2) is 5.13 Å². The average Bonchev–Trinajstić information content (AvgIpc) is 2.96. The number of methoxy groups -OCH3 is 1. The lowest BCUT2D eigenvalue weighted by Crippen LogP contribution is -2.13. The van der Waals surface area contributed by atoms with Gasteiger partial charge in [0.2, 0.25) is 5.88 Å². The summed E-state index contributed by atoms with van der Waals surface area (Å²) in [6.07, 6.45) is 1.94. The summed E-state index contributed by atoms with van der Waals surface area (Å²) in [4.78, 5) is 7.50. The van der Waals surface area contributed by atoms with Crippen molar-refractivity contribution in [1.29, 1.82) is 0 Å². The number of hydrogen-bond acceptors (Lipinski definition) is 6. The van der Waals surface area contributed by atoms with Gasteiger partial charge in [-0.25, -0.2) is 0 Å². The molecule has 0 fully saturated rings. The molecule has 0 spiro atoms. The van der Waals surface area contributed by atoms with Crippen LogP contribution in [0.2, 0.25) is 0 Å². The molecule has 0 saturated heterocycles. The molecule has 0 unspecified atom stereocenters. The Morgan fingerprint density at radius 1 is 1.42 bits per heavy atom. The molecule has 0 aliphatic rings. The molecule has 0 saturated carbocycles. The van der Waals surface area contributed by atoms with Gasteiger partial charge in [-0.15, -0.1) is 0 Å². The first-order valence-electron chi connectivity index (χ1n) is 6.00. The Balaban J connectivity index is 1.95. The van der Waals surface area contributed by atoms with Crippen LogP contribution in [0.25, 0.3) is 0 Å². The van der Waals surface area contributed by atoms with Crippen molar-refractivity contribution in [2.45, 2.75) is 13.1 Å². The first-order valence-corrected chi connectivity index (χ1v) is 6.82. The maximum absolute atomic E-state index is 5.30. The van der Waals surface area contributed by atoms with Crippen molar-refractivity contribution < 1.29 is 4.74 Å². The number of hydrogen-bond donors (Lipinski definition) is 1. The van der Waals surface area contributed by atoms with Gasteiger partial charge in [-0.1, -0.05) is 11.3 Å². The van der Waals surface area contributed by atoms with E-state index in [0.29, 0.717) is 5.88 Å². The molecule has 2 aromatic rings. The lowest BCUT2D eigenvalue weighted by atomic mass is 10.4. The SMILES string of the molecule is COc1nc(N(C)C)sc1CNCc1ccn(C)n1. The van der Waals surface area contributed by atoms with Gasteiger partial charge in [0.25, 0.3) is 0 Å². The summed E-state index contributed by atoms with van der Waals surface area (Å²) in [5, 5.41) is 8.63. The number of nitrogens with zero attached hydrogens (tertiary/aromatic N) is 4. The zero-order valence-electron chi connectivity index (χ0n) is 11.7. The van der Waals surface area contributed by atoms with E-state index in [1.54, 1.807) is 23.1 Å². The van der Waals surface area contributed by atoms with Gasteiger partial charge in [0.05, 0.1) is 17.7 Å². The zero-order valence-corrected chi connectivity index (χ0v) is 12.5. The predicted molar refractivity (Wildman–Crippen MR) is 76.7 cm³/mol. The van der Waals surface area contributed by atoms with Crippen molar-refractivity contribution >= 4 is 16.5 Å². The number of aromatic nitrogens is 3. The maximum atomic E-state index is 5.30. The molecule has 0 atom stereocenters. The monoisotopic (exact) mass is 281 g/mol. The van der Waals surface area contributed by atoms with Crippen molar-refractivity contribution in [3.8, 4) is 5.88 Å². The van der Waals surface area contributed by atoms with Gasteiger partial charge in [-0.05, 0) is 6.07 Å². The van der Waals surface area contributed by atoms with Crippen LogP contribution in [0.5, 0.6) is 5.88 Å². The van der Waals surface area contributed by atoms with Crippen LogP contribution in [0.15, 0.2) is 12.3 Å². The van der Waals surface area contributed by atoms with E-state index in [9.17, 15) is 0 Å². The minimum Gasteiger partial charge on any atom is -0.480 e. The summed E-state index contributed by atoms with van der Waals surface area (Å²) < 4.78 is 7.10. The van der Waals surface area contributed by atoms with E-state index in [1.165, 1.54) is 0 Å². The van der Waals surface area contributed by atoms with Crippen molar-refractivity contribution in [2.24, 2.45) is 7.05 Å². The quantitative estimate of drug-likeness (QED) is 0.863. The van der Waals surface area contributed by atoms with E-state index in [2.05, 4.69) is 15.4 Å². The highest BCUT2D eigenvalue weighted by molar-refractivity contribution is 7.15. The van der Waals surface area contributed by atoms with Gasteiger partial charge < -0.3 is 15.0 Å². The van der Waals surface area contributed by atoms with Crippen LogP contribution in [-0.4, -0.2) is 36.0 Å². The van der Waals surface area contributed by atoms with E-state index in [4.69, 9.17) is 4.74 Å². The van der Waals surface area contributed by atoms with Gasteiger partial charge in [-0.3, -0.25) is 4.68 Å². The second kappa shape index (κ2) is 6.03. The van der Waals surface area contributed by atoms with Gasteiger partial charge >= 0.3 is 0 Å². The average molecular weight is 281 g/mol. The number of rotatable bonds is 6. The van der Waals surface area contributed by atoms with Crippen LogP contribution < -0.4 is 15.0 Å². The molecule has 6 nitrogen and oxygen atoms in total. The summed E-state index contributed by atoms with van der Waals surface area (Å²) in [5.74, 6) is 0.697. The molecular weight excluding hydrogens is 262 g/mol. The Morgan fingerprint density at radius 2 is 2.21 bits per heavy atom. The van der Waals surface area contributed by atoms with Crippen molar-refractivity contribution in [1.82, 2.24) is 20.1 Å². The second-order valence-electron chi connectivity index (χ2n) is 4.41. The number of anilines is 1. The summed E-state index contributed by atoms with van der Waals surface area (Å²) in [5.41, 5.74) is 1.03. The third-order valence-electron chi connectivity index (χ3n) is 2.59. The third kappa shape index (κ3) is 3.45. The number of nitrogens with one attached hydrogen (secondary N) is 1. The summed E-state index contributed by atoms with van der Waals surface area (Å²) in [6, 6.07) is 2.00. The standard InChI is InChI=1S/C12H19N5OS/c1-16(2)12-14-11(18-4)10(19-12)8-13-7-9-5-6-17(3)15-9/h5-6,13H,7-8H2,1-4H3. The maximum Gasteiger partial charge on any atom is 0.230 e. The highest BCUT2D eigenvalue weighted by Crippen LogP contribution is 2.30. The molecule has 0 aromatic carbocycles. The molecule has 1 N–H and O–H groups in total. The van der Waals surface area contributed by atoms with Crippen LogP contribution in [-0.2, 0) is 20.1 Å². The van der Waals surface area contributed by atoms with Crippen LogP contribution in [0, 0.1) is 0 Å². The number of thiazole rings is 1. The number of aryl methyl sites for hydroxylation is 1. The molecule has 19 heavy (non-hydrogen) atoms. The lowest BCUT2D eigenvalue weighted by Gasteiger charge is -2.04. The molecular formula is C12H19N5OS. The van der Waals surface area contributed by atoms with Gasteiger partial charge in [-0.2, -0.15) is 10.1 Å². The topological polar surface area (TPSA) is 55.2 Å². The molecule has 104 valence electrons. The van der Waals surface area contributed by atoms with Crippen LogP contribution in [0.4, 0.5) is 5.13 Å². The van der Waals surface area contributed by atoms with E-state index in [1.807, 2.05) is 38.3 Å². The van der Waals surface area contributed by atoms with E-state index < -0.39 is 0 Å². The van der Waals surface area contributed by atoms with Crippen LogP contribution >= 0.6 is 11.3 Å². The fourth-order valence-corrected chi connectivity index (χ4v) is 2.57. The Hall–Kier alpha value is -1.60. The van der Waals surface area contributed by atoms with Crippen molar-refractivity contribution in [3.05, 3.63) is 22.8 Å². The van der Waals surface area contributed by atoms with Crippen LogP contribution in [0.1, 0.15) is 10.6 Å². The van der Waals surface area contributed by atoms with Crippen molar-refractivity contribution in [2.75, 3.05) is 26.1 Å². The Bertz CT molecular complexity index is 534. The van der Waals surface area contributed by atoms with E-state index >= 15 is 0 Å². The highest BCUT2D eigenvalue weighted by Gasteiger charge is 2.12.